The van der Waals surface area contributed by atoms with Crippen LogP contribution < -0.4 is 4.34 Å². The van der Waals surface area contributed by atoms with Crippen molar-refractivity contribution in [2.75, 3.05) is 0 Å². The zero-order valence-corrected chi connectivity index (χ0v) is 5.94. The Hall–Kier alpha value is -0.510. The van der Waals surface area contributed by atoms with E-state index < -0.39 is 0 Å². The van der Waals surface area contributed by atoms with Gasteiger partial charge in [0.2, 0.25) is 0 Å². The van der Waals surface area contributed by atoms with E-state index in [1.54, 1.807) is 6.20 Å². The molecule has 0 aliphatic carbocycles. The van der Waals surface area contributed by atoms with E-state index in [1.807, 2.05) is 6.92 Å². The molecule has 0 atom stereocenters. The van der Waals surface area contributed by atoms with Crippen molar-refractivity contribution in [3.8, 4) is 0 Å². The van der Waals surface area contributed by atoms with Gasteiger partial charge in [0, 0.05) is 11.8 Å². The predicted octanol–water partition coefficient (Wildman–Crippen LogP) is 1.26. The number of hydrogen-bond acceptors (Lipinski definition) is 1. The molecule has 4 heteroatoms. The number of nitrogens with one attached hydrogen (secondary N) is 1. The molecule has 1 heterocycles. The van der Waals surface area contributed by atoms with Crippen LogP contribution in [0.5, 0.6) is 0 Å². The molecule has 1 aromatic heterocycles. The second kappa shape index (κ2) is 2.17. The van der Waals surface area contributed by atoms with Crippen LogP contribution in [0, 0.1) is 6.92 Å². The third-order valence-corrected chi connectivity index (χ3v) is 1.22. The van der Waals surface area contributed by atoms with Gasteiger partial charge in [0.05, 0.1) is 16.1 Å². The molecule has 0 aliphatic rings. The van der Waals surface area contributed by atoms with Crippen LogP contribution in [0.3, 0.4) is 0 Å². The molecule has 8 heavy (non-hydrogen) atoms. The summed E-state index contributed by atoms with van der Waals surface area (Å²) in [6, 6.07) is 0. The van der Waals surface area contributed by atoms with E-state index in [2.05, 4.69) is 30.7 Å². The van der Waals surface area contributed by atoms with Gasteiger partial charge in [-0.2, -0.15) is 9.44 Å². The third-order valence-electron chi connectivity index (χ3n) is 0.884. The standard InChI is InChI=1S/C4H5BrN3/c1-3-2-6-8-4(3)7-5/h2H,1H3,(H,6,8). The third kappa shape index (κ3) is 0.838. The molecule has 0 amide bonds. The molecule has 1 radical (unpaired) electrons. The molecular formula is C4H5BrN3. The first-order chi connectivity index (χ1) is 3.84. The van der Waals surface area contributed by atoms with Crippen molar-refractivity contribution >= 4 is 22.0 Å². The fourth-order valence-corrected chi connectivity index (χ4v) is 0.788. The number of aryl methyl sites for hydroxylation is 1. The first-order valence-corrected chi connectivity index (χ1v) is 2.88. The predicted molar refractivity (Wildman–Crippen MR) is 34.0 cm³/mol. The summed E-state index contributed by atoms with van der Waals surface area (Å²) in [7, 11) is 0. The smallest absolute Gasteiger partial charge is 0.184 e. The molecule has 0 aromatic carbocycles. The fourth-order valence-electron chi connectivity index (χ4n) is 0.429. The van der Waals surface area contributed by atoms with Crippen molar-refractivity contribution in [3.05, 3.63) is 11.8 Å². The lowest BCUT2D eigenvalue weighted by atomic mass is 10.4. The van der Waals surface area contributed by atoms with Gasteiger partial charge in [-0.25, -0.2) is 0 Å². The van der Waals surface area contributed by atoms with Crippen LogP contribution in [0.4, 0.5) is 5.82 Å². The highest BCUT2D eigenvalue weighted by Crippen LogP contribution is 2.09. The van der Waals surface area contributed by atoms with E-state index in [-0.39, 0.29) is 0 Å². The van der Waals surface area contributed by atoms with Crippen LogP contribution >= 0.6 is 16.1 Å². The number of aromatic amines is 1. The molecule has 0 saturated heterocycles. The van der Waals surface area contributed by atoms with Gasteiger partial charge in [-0.15, -0.1) is 0 Å². The van der Waals surface area contributed by atoms with E-state index in [1.165, 1.54) is 0 Å². The van der Waals surface area contributed by atoms with E-state index in [4.69, 9.17) is 0 Å². The summed E-state index contributed by atoms with van der Waals surface area (Å²) < 4.78 is 3.70. The van der Waals surface area contributed by atoms with Gasteiger partial charge in [-0.3, -0.25) is 5.10 Å². The number of hydrogen-bond donors (Lipinski definition) is 1. The maximum atomic E-state index is 3.80. The number of nitrogens with zero attached hydrogens (tertiary/aromatic N) is 2. The van der Waals surface area contributed by atoms with E-state index in [9.17, 15) is 0 Å². The second-order valence-electron chi connectivity index (χ2n) is 1.48. The highest BCUT2D eigenvalue weighted by Gasteiger charge is 1.96. The molecule has 0 spiro atoms. The number of halogens is 1. The van der Waals surface area contributed by atoms with Crippen molar-refractivity contribution in [1.82, 2.24) is 14.5 Å². The molecule has 3 nitrogen and oxygen atoms in total. The van der Waals surface area contributed by atoms with Crippen LogP contribution in [0.15, 0.2) is 6.20 Å². The zero-order valence-electron chi connectivity index (χ0n) is 4.35. The van der Waals surface area contributed by atoms with Gasteiger partial charge in [-0.05, 0) is 6.92 Å². The number of H-pyrrole nitrogens is 1. The maximum absolute atomic E-state index is 3.80. The lowest BCUT2D eigenvalue weighted by molar-refractivity contribution is 1.07. The largest absolute Gasteiger partial charge is 0.283 e. The molecule has 0 fully saturated rings. The van der Waals surface area contributed by atoms with Gasteiger partial charge in [0.1, 0.15) is 0 Å². The van der Waals surface area contributed by atoms with Crippen molar-refractivity contribution in [1.29, 1.82) is 0 Å². The molecule has 1 N–H and O–H groups in total. The van der Waals surface area contributed by atoms with Gasteiger partial charge >= 0.3 is 0 Å². The number of rotatable bonds is 1. The summed E-state index contributed by atoms with van der Waals surface area (Å²) in [5.41, 5.74) is 1.04. The fraction of sp³-hybridized carbons (Fsp3) is 0.250. The Kier molecular flexibility index (Phi) is 1.53. The highest BCUT2D eigenvalue weighted by molar-refractivity contribution is 9.08. The Morgan fingerprint density at radius 1 is 1.88 bits per heavy atom. The summed E-state index contributed by atoms with van der Waals surface area (Å²) in [5.74, 6) is 0.713. The number of aromatic nitrogens is 2. The molecular weight excluding hydrogens is 170 g/mol. The molecule has 1 rings (SSSR count). The SMILES string of the molecule is Cc1c[nH]nc1[N]Br. The molecule has 1 aromatic rings. The van der Waals surface area contributed by atoms with E-state index >= 15 is 0 Å². The van der Waals surface area contributed by atoms with Crippen LogP contribution in [-0.4, -0.2) is 10.2 Å². The first kappa shape index (κ1) is 5.62. The minimum Gasteiger partial charge on any atom is -0.283 e. The Bertz CT molecular complexity index is 172. The van der Waals surface area contributed by atoms with Gasteiger partial charge < -0.3 is 0 Å². The van der Waals surface area contributed by atoms with Gasteiger partial charge in [0.25, 0.3) is 0 Å². The van der Waals surface area contributed by atoms with Crippen molar-refractivity contribution in [3.63, 3.8) is 0 Å². The average molecular weight is 175 g/mol. The quantitative estimate of drug-likeness (QED) is 0.685. The van der Waals surface area contributed by atoms with Crippen molar-refractivity contribution < 1.29 is 0 Å². The summed E-state index contributed by atoms with van der Waals surface area (Å²) in [5, 5.41) is 6.47. The summed E-state index contributed by atoms with van der Waals surface area (Å²) in [4.78, 5) is 0. The normalized spacial score (nSPS) is 9.25. The van der Waals surface area contributed by atoms with Crippen LogP contribution in [0.25, 0.3) is 0 Å². The van der Waals surface area contributed by atoms with E-state index in [0.29, 0.717) is 5.82 Å². The summed E-state index contributed by atoms with van der Waals surface area (Å²) in [6.07, 6.45) is 1.79. The zero-order chi connectivity index (χ0) is 5.98. The lowest BCUT2D eigenvalue weighted by Crippen LogP contribution is -1.78. The Balaban J connectivity index is 2.92. The lowest BCUT2D eigenvalue weighted by Gasteiger charge is -1.83. The molecule has 0 bridgehead atoms. The van der Waals surface area contributed by atoms with Crippen molar-refractivity contribution in [2.45, 2.75) is 6.92 Å². The summed E-state index contributed by atoms with van der Waals surface area (Å²) in [6.45, 7) is 1.93. The van der Waals surface area contributed by atoms with Crippen LogP contribution in [0.2, 0.25) is 0 Å². The van der Waals surface area contributed by atoms with Crippen LogP contribution in [0.1, 0.15) is 5.56 Å². The monoisotopic (exact) mass is 174 g/mol. The van der Waals surface area contributed by atoms with Crippen LogP contribution in [-0.2, 0) is 0 Å². The minimum absolute atomic E-state index is 0.713. The Morgan fingerprint density at radius 2 is 2.62 bits per heavy atom. The van der Waals surface area contributed by atoms with Gasteiger partial charge in [-0.1, -0.05) is 0 Å². The minimum atomic E-state index is 0.713. The molecule has 43 valence electrons. The molecule has 0 unspecified atom stereocenters. The highest BCUT2D eigenvalue weighted by atomic mass is 79.9. The molecule has 0 aliphatic heterocycles. The van der Waals surface area contributed by atoms with Crippen molar-refractivity contribution in [2.24, 2.45) is 0 Å². The van der Waals surface area contributed by atoms with Gasteiger partial charge in [0.15, 0.2) is 5.82 Å². The average Bonchev–Trinajstić information content (AvgIpc) is 2.14. The Morgan fingerprint density at radius 3 is 2.88 bits per heavy atom. The maximum Gasteiger partial charge on any atom is 0.184 e. The summed E-state index contributed by atoms with van der Waals surface area (Å²) >= 11 is 2.93. The molecule has 0 saturated carbocycles. The van der Waals surface area contributed by atoms with E-state index in [0.717, 1.165) is 5.56 Å². The first-order valence-electron chi connectivity index (χ1n) is 2.17. The Labute approximate surface area is 55.8 Å². The topological polar surface area (TPSA) is 42.8 Å². The second-order valence-corrected chi connectivity index (χ2v) is 1.83.